The van der Waals surface area contributed by atoms with E-state index in [0.717, 1.165) is 22.1 Å². The molecular formula is C22H18CuN4. The van der Waals surface area contributed by atoms with Crippen LogP contribution in [0.2, 0.25) is 0 Å². The van der Waals surface area contributed by atoms with Crippen LogP contribution in [-0.2, 0) is 17.1 Å². The van der Waals surface area contributed by atoms with Crippen molar-refractivity contribution in [3.63, 3.8) is 0 Å². The fourth-order valence-electron chi connectivity index (χ4n) is 2.19. The van der Waals surface area contributed by atoms with Crippen LogP contribution in [0.15, 0.2) is 110 Å². The second-order valence-corrected chi connectivity index (χ2v) is 5.25. The van der Waals surface area contributed by atoms with Gasteiger partial charge in [-0.05, 0) is 48.5 Å². The second-order valence-electron chi connectivity index (χ2n) is 5.25. The van der Waals surface area contributed by atoms with Gasteiger partial charge in [0, 0.05) is 41.9 Å². The Balaban J connectivity index is 0.000000168. The molecule has 1 radical (unpaired) electrons. The van der Waals surface area contributed by atoms with E-state index in [-0.39, 0.29) is 17.1 Å². The molecule has 3 heterocycles. The van der Waals surface area contributed by atoms with Crippen molar-refractivity contribution in [2.24, 2.45) is 0 Å². The maximum absolute atomic E-state index is 4.52. The standard InChI is InChI=1S/C12H8N2.2C5H5N.Cu/c1-2-6-10-9(5-1)13-11-7-3-4-8-12(11)14-10;2*1-2-4-6-5-3-1;/h1-8H;2*1-5H;. The molecule has 0 unspecified atom stereocenters. The van der Waals surface area contributed by atoms with E-state index >= 15 is 0 Å². The minimum Gasteiger partial charge on any atom is -0.265 e. The molecule has 27 heavy (non-hydrogen) atoms. The number of hydrogen-bond acceptors (Lipinski definition) is 4. The zero-order valence-electron chi connectivity index (χ0n) is 14.5. The second kappa shape index (κ2) is 11.5. The molecule has 0 amide bonds. The largest absolute Gasteiger partial charge is 0.265 e. The quantitative estimate of drug-likeness (QED) is 0.272. The molecular weight excluding hydrogens is 384 g/mol. The van der Waals surface area contributed by atoms with Crippen LogP contribution in [0, 0.1) is 0 Å². The van der Waals surface area contributed by atoms with Crippen LogP contribution in [0.25, 0.3) is 22.1 Å². The molecule has 0 aliphatic carbocycles. The normalized spacial score (nSPS) is 9.19. The van der Waals surface area contributed by atoms with Crippen LogP contribution in [0.4, 0.5) is 0 Å². The minimum absolute atomic E-state index is 0. The number of hydrogen-bond donors (Lipinski definition) is 0. The predicted molar refractivity (Wildman–Crippen MR) is 106 cm³/mol. The summed E-state index contributed by atoms with van der Waals surface area (Å²) in [5, 5.41) is 0. The van der Waals surface area contributed by atoms with Gasteiger partial charge in [0.25, 0.3) is 0 Å². The summed E-state index contributed by atoms with van der Waals surface area (Å²) in [6.45, 7) is 0. The van der Waals surface area contributed by atoms with Gasteiger partial charge in [-0.25, -0.2) is 9.97 Å². The summed E-state index contributed by atoms with van der Waals surface area (Å²) < 4.78 is 0. The van der Waals surface area contributed by atoms with Gasteiger partial charge >= 0.3 is 0 Å². The molecule has 0 saturated carbocycles. The number of pyridine rings is 2. The van der Waals surface area contributed by atoms with Crippen molar-refractivity contribution in [2.45, 2.75) is 0 Å². The molecule has 0 aliphatic heterocycles. The SMILES string of the molecule is [Cu].c1ccc2nc3ccccc3nc2c1.c1ccncc1.c1ccncc1. The molecule has 137 valence electrons. The van der Waals surface area contributed by atoms with E-state index in [4.69, 9.17) is 0 Å². The number of fused-ring (bicyclic) bond motifs is 2. The Morgan fingerprint density at radius 3 is 0.852 bits per heavy atom. The topological polar surface area (TPSA) is 51.6 Å². The Morgan fingerprint density at radius 2 is 0.667 bits per heavy atom. The number of nitrogens with zero attached hydrogens (tertiary/aromatic N) is 4. The van der Waals surface area contributed by atoms with Crippen molar-refractivity contribution in [1.29, 1.82) is 0 Å². The van der Waals surface area contributed by atoms with Crippen molar-refractivity contribution in [2.75, 3.05) is 0 Å². The third-order valence-corrected chi connectivity index (χ3v) is 3.38. The van der Waals surface area contributed by atoms with Crippen LogP contribution >= 0.6 is 0 Å². The summed E-state index contributed by atoms with van der Waals surface area (Å²) in [5.74, 6) is 0. The van der Waals surface area contributed by atoms with Crippen LogP contribution in [0.3, 0.4) is 0 Å². The Kier molecular flexibility index (Phi) is 8.57. The summed E-state index contributed by atoms with van der Waals surface area (Å²) in [5.41, 5.74) is 3.80. The van der Waals surface area contributed by atoms with Gasteiger partial charge in [0.1, 0.15) is 0 Å². The number of benzene rings is 2. The summed E-state index contributed by atoms with van der Waals surface area (Å²) in [4.78, 5) is 16.6. The van der Waals surface area contributed by atoms with Gasteiger partial charge in [-0.2, -0.15) is 0 Å². The molecule has 0 N–H and O–H groups in total. The minimum atomic E-state index is 0. The molecule has 0 fully saturated rings. The van der Waals surface area contributed by atoms with Gasteiger partial charge in [0.2, 0.25) is 0 Å². The summed E-state index contributed by atoms with van der Waals surface area (Å²) >= 11 is 0. The van der Waals surface area contributed by atoms with Crippen LogP contribution < -0.4 is 0 Å². The third kappa shape index (κ3) is 6.59. The van der Waals surface area contributed by atoms with Crippen molar-refractivity contribution >= 4 is 22.1 Å². The van der Waals surface area contributed by atoms with Gasteiger partial charge < -0.3 is 0 Å². The maximum atomic E-state index is 4.52. The average molecular weight is 402 g/mol. The maximum Gasteiger partial charge on any atom is 0.0894 e. The van der Waals surface area contributed by atoms with E-state index in [1.807, 2.05) is 84.9 Å². The molecule has 0 aliphatic rings. The Bertz CT molecular complexity index is 851. The molecule has 0 bridgehead atoms. The molecule has 5 aromatic rings. The van der Waals surface area contributed by atoms with E-state index in [1.54, 1.807) is 24.8 Å². The molecule has 0 atom stereocenters. The van der Waals surface area contributed by atoms with Crippen molar-refractivity contribution in [3.05, 3.63) is 110 Å². The fourth-order valence-corrected chi connectivity index (χ4v) is 2.19. The molecule has 3 aromatic heterocycles. The molecule has 5 heteroatoms. The summed E-state index contributed by atoms with van der Waals surface area (Å²) in [7, 11) is 0. The van der Waals surface area contributed by atoms with E-state index < -0.39 is 0 Å². The number of para-hydroxylation sites is 4. The zero-order valence-corrected chi connectivity index (χ0v) is 15.4. The van der Waals surface area contributed by atoms with Gasteiger partial charge in [0.15, 0.2) is 0 Å². The van der Waals surface area contributed by atoms with Gasteiger partial charge in [-0.1, -0.05) is 36.4 Å². The van der Waals surface area contributed by atoms with Gasteiger partial charge in [-0.3, -0.25) is 9.97 Å². The predicted octanol–water partition coefficient (Wildman–Crippen LogP) is 4.94. The molecule has 0 spiro atoms. The van der Waals surface area contributed by atoms with E-state index in [0.29, 0.717) is 0 Å². The molecule has 5 rings (SSSR count). The smallest absolute Gasteiger partial charge is 0.0894 e. The van der Waals surface area contributed by atoms with E-state index in [9.17, 15) is 0 Å². The van der Waals surface area contributed by atoms with Crippen LogP contribution in [0.5, 0.6) is 0 Å². The summed E-state index contributed by atoms with van der Waals surface area (Å²) in [6, 6.07) is 27.3. The zero-order chi connectivity index (χ0) is 17.9. The first-order valence-electron chi connectivity index (χ1n) is 8.25. The van der Waals surface area contributed by atoms with Crippen LogP contribution in [-0.4, -0.2) is 19.9 Å². The van der Waals surface area contributed by atoms with E-state index in [1.165, 1.54) is 0 Å². The Morgan fingerprint density at radius 1 is 0.370 bits per heavy atom. The molecule has 0 saturated heterocycles. The van der Waals surface area contributed by atoms with Gasteiger partial charge in [-0.15, -0.1) is 0 Å². The van der Waals surface area contributed by atoms with Crippen molar-refractivity contribution in [3.8, 4) is 0 Å². The fraction of sp³-hybridized carbons (Fsp3) is 0. The van der Waals surface area contributed by atoms with Crippen LogP contribution in [0.1, 0.15) is 0 Å². The van der Waals surface area contributed by atoms with Crippen molar-refractivity contribution < 1.29 is 17.1 Å². The first-order chi connectivity index (χ1) is 12.9. The summed E-state index contributed by atoms with van der Waals surface area (Å²) in [6.07, 6.45) is 7.00. The van der Waals surface area contributed by atoms with Crippen molar-refractivity contribution in [1.82, 2.24) is 19.9 Å². The first kappa shape index (κ1) is 20.2. The average Bonchev–Trinajstić information content (AvgIpc) is 2.75. The monoisotopic (exact) mass is 401 g/mol. The third-order valence-electron chi connectivity index (χ3n) is 3.38. The Hall–Kier alpha value is -3.14. The van der Waals surface area contributed by atoms with E-state index in [2.05, 4.69) is 19.9 Å². The number of rotatable bonds is 0. The number of aromatic nitrogens is 4. The Labute approximate surface area is 168 Å². The van der Waals surface area contributed by atoms with Gasteiger partial charge in [0.05, 0.1) is 22.1 Å². The first-order valence-corrected chi connectivity index (χ1v) is 8.25. The molecule has 4 nitrogen and oxygen atoms in total. The molecule has 2 aromatic carbocycles.